The molecule has 0 saturated heterocycles. The van der Waals surface area contributed by atoms with Crippen molar-refractivity contribution in [3.05, 3.63) is 29.8 Å². The standard InChI is InChI=1S/C13H18O4/c1-3-4-10-5-6-12(13(7-10)16-2)17-9-11(15)8-14/h3-7,11,14-15H,8-9H2,1-2H3/b4-3+. The molecule has 94 valence electrons. The van der Waals surface area contributed by atoms with Crippen LogP contribution in [0, 0.1) is 0 Å². The van der Waals surface area contributed by atoms with Gasteiger partial charge in [0.05, 0.1) is 13.7 Å². The molecule has 0 saturated carbocycles. The average Bonchev–Trinajstić information content (AvgIpc) is 2.36. The zero-order valence-electron chi connectivity index (χ0n) is 10.1. The molecule has 4 nitrogen and oxygen atoms in total. The first-order valence-electron chi connectivity index (χ1n) is 5.43. The first-order valence-corrected chi connectivity index (χ1v) is 5.43. The van der Waals surface area contributed by atoms with Gasteiger partial charge in [-0.05, 0) is 24.6 Å². The van der Waals surface area contributed by atoms with E-state index in [0.29, 0.717) is 11.5 Å². The van der Waals surface area contributed by atoms with Crippen molar-refractivity contribution in [2.24, 2.45) is 0 Å². The van der Waals surface area contributed by atoms with E-state index in [-0.39, 0.29) is 13.2 Å². The number of allylic oxidation sites excluding steroid dienone is 1. The Morgan fingerprint density at radius 1 is 1.35 bits per heavy atom. The smallest absolute Gasteiger partial charge is 0.161 e. The molecule has 1 unspecified atom stereocenters. The maximum atomic E-state index is 9.19. The summed E-state index contributed by atoms with van der Waals surface area (Å²) < 4.78 is 10.5. The normalized spacial score (nSPS) is 12.7. The van der Waals surface area contributed by atoms with Crippen molar-refractivity contribution in [1.29, 1.82) is 0 Å². The summed E-state index contributed by atoms with van der Waals surface area (Å²) in [5, 5.41) is 17.9. The summed E-state index contributed by atoms with van der Waals surface area (Å²) in [7, 11) is 1.56. The Labute approximate surface area is 101 Å². The third-order valence-corrected chi connectivity index (χ3v) is 2.19. The second kappa shape index (κ2) is 6.93. The monoisotopic (exact) mass is 238 g/mol. The van der Waals surface area contributed by atoms with Crippen LogP contribution in [0.2, 0.25) is 0 Å². The predicted molar refractivity (Wildman–Crippen MR) is 66.3 cm³/mol. The fourth-order valence-electron chi connectivity index (χ4n) is 1.34. The van der Waals surface area contributed by atoms with Gasteiger partial charge in [-0.25, -0.2) is 0 Å². The Kier molecular flexibility index (Phi) is 5.52. The third kappa shape index (κ3) is 4.09. The molecule has 0 heterocycles. The zero-order valence-corrected chi connectivity index (χ0v) is 10.1. The van der Waals surface area contributed by atoms with Crippen LogP contribution in [0.15, 0.2) is 24.3 Å². The second-order valence-corrected chi connectivity index (χ2v) is 3.56. The van der Waals surface area contributed by atoms with Crippen LogP contribution in [-0.2, 0) is 0 Å². The molecule has 1 aromatic carbocycles. The quantitative estimate of drug-likeness (QED) is 0.787. The largest absolute Gasteiger partial charge is 0.493 e. The first kappa shape index (κ1) is 13.5. The number of hydrogen-bond acceptors (Lipinski definition) is 4. The Balaban J connectivity index is 2.78. The summed E-state index contributed by atoms with van der Waals surface area (Å²) in [6, 6.07) is 5.52. The molecule has 1 rings (SSSR count). The van der Waals surface area contributed by atoms with Gasteiger partial charge in [-0.1, -0.05) is 18.2 Å². The highest BCUT2D eigenvalue weighted by molar-refractivity contribution is 5.55. The molecule has 1 aromatic rings. The number of rotatable bonds is 6. The molecule has 1 atom stereocenters. The van der Waals surface area contributed by atoms with Crippen molar-refractivity contribution in [1.82, 2.24) is 0 Å². The fraction of sp³-hybridized carbons (Fsp3) is 0.385. The highest BCUT2D eigenvalue weighted by Crippen LogP contribution is 2.28. The Hall–Kier alpha value is -1.52. The zero-order chi connectivity index (χ0) is 12.7. The van der Waals surface area contributed by atoms with E-state index in [2.05, 4.69) is 0 Å². The number of methoxy groups -OCH3 is 1. The average molecular weight is 238 g/mol. The van der Waals surface area contributed by atoms with Crippen LogP contribution in [0.1, 0.15) is 12.5 Å². The molecule has 0 aliphatic rings. The summed E-state index contributed by atoms with van der Waals surface area (Å²) in [6.45, 7) is 1.66. The van der Waals surface area contributed by atoms with Crippen LogP contribution < -0.4 is 9.47 Å². The maximum absolute atomic E-state index is 9.19. The molecular formula is C13H18O4. The van der Waals surface area contributed by atoms with Crippen molar-refractivity contribution in [2.75, 3.05) is 20.3 Å². The molecule has 0 fully saturated rings. The van der Waals surface area contributed by atoms with E-state index in [1.165, 1.54) is 0 Å². The Morgan fingerprint density at radius 2 is 2.12 bits per heavy atom. The van der Waals surface area contributed by atoms with Crippen molar-refractivity contribution in [3.63, 3.8) is 0 Å². The van der Waals surface area contributed by atoms with E-state index in [4.69, 9.17) is 14.6 Å². The molecule has 2 N–H and O–H groups in total. The maximum Gasteiger partial charge on any atom is 0.161 e. The van der Waals surface area contributed by atoms with Gasteiger partial charge in [-0.2, -0.15) is 0 Å². The molecule has 0 aromatic heterocycles. The number of hydrogen-bond donors (Lipinski definition) is 2. The van der Waals surface area contributed by atoms with Gasteiger partial charge in [0.15, 0.2) is 11.5 Å². The molecule has 0 amide bonds. The molecule has 4 heteroatoms. The number of aliphatic hydroxyl groups excluding tert-OH is 2. The van der Waals surface area contributed by atoms with E-state index in [1.807, 2.05) is 31.2 Å². The van der Waals surface area contributed by atoms with E-state index in [9.17, 15) is 5.11 Å². The minimum atomic E-state index is -0.880. The molecule has 0 spiro atoms. The van der Waals surface area contributed by atoms with Gasteiger partial charge in [0.1, 0.15) is 12.7 Å². The summed E-state index contributed by atoms with van der Waals surface area (Å²) in [6.07, 6.45) is 3.01. The Morgan fingerprint density at radius 3 is 2.71 bits per heavy atom. The first-order chi connectivity index (χ1) is 8.21. The number of ether oxygens (including phenoxy) is 2. The van der Waals surface area contributed by atoms with Crippen molar-refractivity contribution < 1.29 is 19.7 Å². The predicted octanol–water partition coefficient (Wildman–Crippen LogP) is 1.46. The molecule has 0 bridgehead atoms. The van der Waals surface area contributed by atoms with E-state index >= 15 is 0 Å². The van der Waals surface area contributed by atoms with Gasteiger partial charge in [-0.15, -0.1) is 0 Å². The SMILES string of the molecule is C/C=C/c1ccc(OCC(O)CO)c(OC)c1. The van der Waals surface area contributed by atoms with Crippen LogP contribution in [-0.4, -0.2) is 36.6 Å². The summed E-state index contributed by atoms with van der Waals surface area (Å²) in [5.74, 6) is 1.15. The fourth-order valence-corrected chi connectivity index (χ4v) is 1.34. The molecule has 0 radical (unpaired) electrons. The van der Waals surface area contributed by atoms with Crippen molar-refractivity contribution in [3.8, 4) is 11.5 Å². The Bertz CT molecular complexity index is 374. The lowest BCUT2D eigenvalue weighted by Gasteiger charge is -2.13. The van der Waals surface area contributed by atoms with Crippen LogP contribution >= 0.6 is 0 Å². The second-order valence-electron chi connectivity index (χ2n) is 3.56. The van der Waals surface area contributed by atoms with Gasteiger partial charge in [-0.3, -0.25) is 0 Å². The summed E-state index contributed by atoms with van der Waals surface area (Å²) >= 11 is 0. The molecule has 0 aliphatic heterocycles. The molecule has 0 aliphatic carbocycles. The highest BCUT2D eigenvalue weighted by Gasteiger charge is 2.08. The van der Waals surface area contributed by atoms with E-state index in [0.717, 1.165) is 5.56 Å². The lowest BCUT2D eigenvalue weighted by Crippen LogP contribution is -2.21. The van der Waals surface area contributed by atoms with E-state index in [1.54, 1.807) is 13.2 Å². The van der Waals surface area contributed by atoms with Gasteiger partial charge >= 0.3 is 0 Å². The minimum Gasteiger partial charge on any atom is -0.493 e. The number of aliphatic hydroxyl groups is 2. The summed E-state index contributed by atoms with van der Waals surface area (Å²) in [5.41, 5.74) is 1.01. The van der Waals surface area contributed by atoms with Crippen molar-refractivity contribution >= 4 is 6.08 Å². The van der Waals surface area contributed by atoms with Gasteiger partial charge in [0.2, 0.25) is 0 Å². The van der Waals surface area contributed by atoms with Crippen LogP contribution in [0.25, 0.3) is 6.08 Å². The van der Waals surface area contributed by atoms with Gasteiger partial charge in [0, 0.05) is 0 Å². The van der Waals surface area contributed by atoms with Gasteiger partial charge in [0.25, 0.3) is 0 Å². The topological polar surface area (TPSA) is 58.9 Å². The molecular weight excluding hydrogens is 220 g/mol. The minimum absolute atomic E-state index is 0.0375. The van der Waals surface area contributed by atoms with Gasteiger partial charge < -0.3 is 19.7 Å². The lowest BCUT2D eigenvalue weighted by atomic mass is 10.2. The highest BCUT2D eigenvalue weighted by atomic mass is 16.5. The van der Waals surface area contributed by atoms with Crippen LogP contribution in [0.3, 0.4) is 0 Å². The summed E-state index contributed by atoms with van der Waals surface area (Å²) in [4.78, 5) is 0. The third-order valence-electron chi connectivity index (χ3n) is 2.19. The van der Waals surface area contributed by atoms with Crippen LogP contribution in [0.4, 0.5) is 0 Å². The van der Waals surface area contributed by atoms with Crippen molar-refractivity contribution in [2.45, 2.75) is 13.0 Å². The van der Waals surface area contributed by atoms with E-state index < -0.39 is 6.10 Å². The number of benzene rings is 1. The molecule has 17 heavy (non-hydrogen) atoms. The lowest BCUT2D eigenvalue weighted by molar-refractivity contribution is 0.0527. The van der Waals surface area contributed by atoms with Crippen LogP contribution in [0.5, 0.6) is 11.5 Å².